The number of aliphatic hydroxyl groups excluding tert-OH is 1. The maximum Gasteiger partial charge on any atom is 0.0920 e. The van der Waals surface area contributed by atoms with Crippen molar-refractivity contribution in [3.8, 4) is 0 Å². The molecule has 0 fully saturated rings. The Morgan fingerprint density at radius 3 is 2.45 bits per heavy atom. The van der Waals surface area contributed by atoms with Crippen molar-refractivity contribution in [2.24, 2.45) is 0 Å². The molecule has 11 heavy (non-hydrogen) atoms. The second-order valence-electron chi connectivity index (χ2n) is 2.81. The lowest BCUT2D eigenvalue weighted by molar-refractivity contribution is 0.409. The molecule has 0 heterocycles. The molecule has 0 spiro atoms. The molecule has 0 rings (SSSR count). The third-order valence-electron chi connectivity index (χ3n) is 1.66. The third kappa shape index (κ3) is 5.71. The first-order chi connectivity index (χ1) is 5.18. The van der Waals surface area contributed by atoms with Gasteiger partial charge in [0, 0.05) is 0 Å². The minimum atomic E-state index is 0.415. The van der Waals surface area contributed by atoms with E-state index in [-0.39, 0.29) is 0 Å². The maximum atomic E-state index is 9.01. The molecule has 0 aliphatic heterocycles. The highest BCUT2D eigenvalue weighted by molar-refractivity contribution is 5.17. The van der Waals surface area contributed by atoms with Crippen LogP contribution in [-0.4, -0.2) is 5.11 Å². The summed E-state index contributed by atoms with van der Waals surface area (Å²) in [6, 6.07) is 0. The van der Waals surface area contributed by atoms with Crippen LogP contribution >= 0.6 is 0 Å². The van der Waals surface area contributed by atoms with Gasteiger partial charge in [-0.15, -0.1) is 0 Å². The van der Waals surface area contributed by atoms with Gasteiger partial charge in [0.15, 0.2) is 0 Å². The molecule has 0 radical (unpaired) electrons. The molecule has 1 heteroatoms. The first kappa shape index (κ1) is 10.3. The monoisotopic (exact) mass is 154 g/mol. The van der Waals surface area contributed by atoms with Crippen molar-refractivity contribution in [2.75, 3.05) is 0 Å². The standard InChI is InChI=1S/C10H18O/c1-4-5-6-7-8-9(2)10(3)11/h7-8,11H,4-6H2,1-3H3. The fourth-order valence-corrected chi connectivity index (χ4v) is 0.703. The van der Waals surface area contributed by atoms with E-state index >= 15 is 0 Å². The van der Waals surface area contributed by atoms with E-state index < -0.39 is 0 Å². The first-order valence-corrected chi connectivity index (χ1v) is 4.21. The van der Waals surface area contributed by atoms with Crippen molar-refractivity contribution in [3.05, 3.63) is 23.5 Å². The van der Waals surface area contributed by atoms with Crippen LogP contribution in [0.2, 0.25) is 0 Å². The summed E-state index contributed by atoms with van der Waals surface area (Å²) in [5, 5.41) is 9.01. The van der Waals surface area contributed by atoms with Gasteiger partial charge in [-0.2, -0.15) is 0 Å². The van der Waals surface area contributed by atoms with Gasteiger partial charge in [-0.05, 0) is 25.8 Å². The molecule has 1 N–H and O–H groups in total. The van der Waals surface area contributed by atoms with Crippen LogP contribution in [0.5, 0.6) is 0 Å². The van der Waals surface area contributed by atoms with Crippen molar-refractivity contribution in [1.29, 1.82) is 0 Å². The van der Waals surface area contributed by atoms with E-state index in [4.69, 9.17) is 5.11 Å². The highest BCUT2D eigenvalue weighted by Gasteiger charge is 1.86. The van der Waals surface area contributed by atoms with E-state index in [1.165, 1.54) is 12.8 Å². The molecule has 0 aliphatic carbocycles. The van der Waals surface area contributed by atoms with Crippen molar-refractivity contribution in [1.82, 2.24) is 0 Å². The lowest BCUT2D eigenvalue weighted by Gasteiger charge is -1.93. The number of aliphatic hydroxyl groups is 1. The van der Waals surface area contributed by atoms with E-state index in [2.05, 4.69) is 13.0 Å². The Morgan fingerprint density at radius 1 is 1.36 bits per heavy atom. The SMILES string of the molecule is CCCCC=CC(C)=C(C)O. The maximum absolute atomic E-state index is 9.01. The summed E-state index contributed by atoms with van der Waals surface area (Å²) in [6.45, 7) is 5.80. The lowest BCUT2D eigenvalue weighted by atomic mass is 10.2. The largest absolute Gasteiger partial charge is 0.512 e. The molecular formula is C10H18O. The number of hydrogen-bond acceptors (Lipinski definition) is 1. The molecular weight excluding hydrogens is 136 g/mol. The smallest absolute Gasteiger partial charge is 0.0920 e. The zero-order valence-electron chi connectivity index (χ0n) is 7.72. The van der Waals surface area contributed by atoms with Crippen molar-refractivity contribution in [2.45, 2.75) is 40.0 Å². The van der Waals surface area contributed by atoms with Crippen LogP contribution in [0.3, 0.4) is 0 Å². The number of unbranched alkanes of at least 4 members (excludes halogenated alkanes) is 2. The fraction of sp³-hybridized carbons (Fsp3) is 0.600. The molecule has 0 aromatic rings. The van der Waals surface area contributed by atoms with E-state index in [1.807, 2.05) is 13.0 Å². The van der Waals surface area contributed by atoms with Crippen molar-refractivity contribution < 1.29 is 5.11 Å². The van der Waals surface area contributed by atoms with Gasteiger partial charge >= 0.3 is 0 Å². The molecule has 0 bridgehead atoms. The van der Waals surface area contributed by atoms with Gasteiger partial charge in [0.05, 0.1) is 5.76 Å². The molecule has 1 nitrogen and oxygen atoms in total. The van der Waals surface area contributed by atoms with E-state index in [1.54, 1.807) is 6.92 Å². The van der Waals surface area contributed by atoms with Gasteiger partial charge < -0.3 is 5.11 Å². The average molecular weight is 154 g/mol. The van der Waals surface area contributed by atoms with Gasteiger partial charge in [-0.1, -0.05) is 31.9 Å². The Morgan fingerprint density at radius 2 is 2.00 bits per heavy atom. The van der Waals surface area contributed by atoms with Gasteiger partial charge in [-0.25, -0.2) is 0 Å². The van der Waals surface area contributed by atoms with Crippen LogP contribution in [0.25, 0.3) is 0 Å². The summed E-state index contributed by atoms with van der Waals surface area (Å²) >= 11 is 0. The Labute approximate surface area is 69.4 Å². The first-order valence-electron chi connectivity index (χ1n) is 4.21. The zero-order valence-corrected chi connectivity index (χ0v) is 7.72. The molecule has 0 saturated carbocycles. The van der Waals surface area contributed by atoms with Crippen LogP contribution in [0.4, 0.5) is 0 Å². The zero-order chi connectivity index (χ0) is 8.69. The van der Waals surface area contributed by atoms with Crippen LogP contribution < -0.4 is 0 Å². The van der Waals surface area contributed by atoms with E-state index in [0.29, 0.717) is 5.76 Å². The Kier molecular flexibility index (Phi) is 5.63. The topological polar surface area (TPSA) is 20.2 Å². The molecule has 0 amide bonds. The Balaban J connectivity index is 3.66. The molecule has 0 aromatic carbocycles. The summed E-state index contributed by atoms with van der Waals surface area (Å²) in [5.41, 5.74) is 0.959. The lowest BCUT2D eigenvalue weighted by Crippen LogP contribution is -1.77. The molecule has 64 valence electrons. The van der Waals surface area contributed by atoms with E-state index in [0.717, 1.165) is 12.0 Å². The van der Waals surface area contributed by atoms with Gasteiger partial charge in [0.2, 0.25) is 0 Å². The van der Waals surface area contributed by atoms with Crippen LogP contribution in [-0.2, 0) is 0 Å². The number of allylic oxidation sites excluding steroid dienone is 4. The van der Waals surface area contributed by atoms with Crippen molar-refractivity contribution >= 4 is 0 Å². The average Bonchev–Trinajstić information content (AvgIpc) is 1.97. The highest BCUT2D eigenvalue weighted by Crippen LogP contribution is 2.03. The summed E-state index contributed by atoms with van der Waals surface area (Å²) in [6.07, 6.45) is 7.66. The summed E-state index contributed by atoms with van der Waals surface area (Å²) < 4.78 is 0. The second-order valence-corrected chi connectivity index (χ2v) is 2.81. The van der Waals surface area contributed by atoms with E-state index in [9.17, 15) is 0 Å². The van der Waals surface area contributed by atoms with Crippen LogP contribution in [0.1, 0.15) is 40.0 Å². The highest BCUT2D eigenvalue weighted by atomic mass is 16.3. The predicted octanol–water partition coefficient (Wildman–Crippen LogP) is 3.58. The second kappa shape index (κ2) is 6.02. The number of hydrogen-bond donors (Lipinski definition) is 1. The Bertz CT molecular complexity index is 150. The molecule has 0 aliphatic rings. The molecule has 0 aromatic heterocycles. The predicted molar refractivity (Wildman–Crippen MR) is 49.7 cm³/mol. The molecule has 0 saturated heterocycles. The quantitative estimate of drug-likeness (QED) is 0.373. The van der Waals surface area contributed by atoms with Crippen LogP contribution in [0, 0.1) is 0 Å². The van der Waals surface area contributed by atoms with Gasteiger partial charge in [0.25, 0.3) is 0 Å². The minimum absolute atomic E-state index is 0.415. The number of rotatable bonds is 4. The third-order valence-corrected chi connectivity index (χ3v) is 1.66. The Hall–Kier alpha value is -0.720. The normalized spacial score (nSPS) is 13.7. The van der Waals surface area contributed by atoms with Crippen molar-refractivity contribution in [3.63, 3.8) is 0 Å². The fourth-order valence-electron chi connectivity index (χ4n) is 0.703. The van der Waals surface area contributed by atoms with Gasteiger partial charge in [0.1, 0.15) is 0 Å². The molecule has 0 unspecified atom stereocenters. The minimum Gasteiger partial charge on any atom is -0.512 e. The van der Waals surface area contributed by atoms with Gasteiger partial charge in [-0.3, -0.25) is 0 Å². The summed E-state index contributed by atoms with van der Waals surface area (Å²) in [5.74, 6) is 0.415. The summed E-state index contributed by atoms with van der Waals surface area (Å²) in [4.78, 5) is 0. The molecule has 0 atom stereocenters. The summed E-state index contributed by atoms with van der Waals surface area (Å²) in [7, 11) is 0. The van der Waals surface area contributed by atoms with Crippen LogP contribution in [0.15, 0.2) is 23.5 Å².